The zero-order valence-electron chi connectivity index (χ0n) is 5.79. The molecule has 0 aliphatic rings. The summed E-state index contributed by atoms with van der Waals surface area (Å²) in [6.07, 6.45) is 0.987. The van der Waals surface area contributed by atoms with Gasteiger partial charge in [0, 0.05) is 0 Å². The van der Waals surface area contributed by atoms with Crippen molar-refractivity contribution >= 4 is 0 Å². The van der Waals surface area contributed by atoms with E-state index in [0.29, 0.717) is 0 Å². The zero-order chi connectivity index (χ0) is 6.53. The Morgan fingerprint density at radius 3 is 2.20 bits per heavy atom. The highest BCUT2D eigenvalue weighted by molar-refractivity contribution is 5.14. The first kappa shape index (κ1) is 9.11. The smallest absolute Gasteiger partial charge is 0.00367 e. The third-order valence-corrected chi connectivity index (χ3v) is 1.28. The molecule has 0 amide bonds. The van der Waals surface area contributed by atoms with E-state index in [1.54, 1.807) is 0 Å². The maximum atomic E-state index is 5.36. The highest BCUT2D eigenvalue weighted by Crippen LogP contribution is 1.96. The highest BCUT2D eigenvalue weighted by atomic mass is 19.0. The minimum atomic E-state index is 0. The summed E-state index contributed by atoms with van der Waals surface area (Å²) < 4.78 is 0. The molecule has 0 bridgehead atoms. The first-order chi connectivity index (χ1) is 4.43. The second kappa shape index (κ2) is 4.94. The van der Waals surface area contributed by atoms with Crippen LogP contribution < -0.4 is 5.73 Å². The lowest BCUT2D eigenvalue weighted by molar-refractivity contribution is 0.969. The molecule has 1 aromatic rings. The summed E-state index contributed by atoms with van der Waals surface area (Å²) in [5.41, 5.74) is 6.68. The molecule has 0 aromatic heterocycles. The van der Waals surface area contributed by atoms with Gasteiger partial charge in [0.1, 0.15) is 0 Å². The van der Waals surface area contributed by atoms with Crippen LogP contribution in [0.2, 0.25) is 0 Å². The van der Waals surface area contributed by atoms with Crippen molar-refractivity contribution in [3.05, 3.63) is 35.9 Å². The predicted molar refractivity (Wildman–Crippen MR) is 41.7 cm³/mol. The second-order valence-electron chi connectivity index (χ2n) is 2.02. The van der Waals surface area contributed by atoms with Gasteiger partial charge < -0.3 is 5.73 Å². The van der Waals surface area contributed by atoms with Crippen LogP contribution in [0.25, 0.3) is 0 Å². The van der Waals surface area contributed by atoms with Gasteiger partial charge in [-0.1, -0.05) is 30.3 Å². The lowest BCUT2D eigenvalue weighted by Crippen LogP contribution is -2.01. The molecule has 2 heteroatoms. The summed E-state index contributed by atoms with van der Waals surface area (Å²) in [4.78, 5) is 0. The molecule has 1 rings (SSSR count). The molecule has 0 heterocycles. The third-order valence-electron chi connectivity index (χ3n) is 1.28. The first-order valence-electron chi connectivity index (χ1n) is 3.17. The third kappa shape index (κ3) is 2.60. The molecule has 1 nitrogen and oxygen atoms in total. The Labute approximate surface area is 60.2 Å². The molecule has 2 N–H and O–H groups in total. The van der Waals surface area contributed by atoms with Crippen molar-refractivity contribution in [1.82, 2.24) is 0 Å². The van der Waals surface area contributed by atoms with Crippen molar-refractivity contribution in [3.63, 3.8) is 0 Å². The lowest BCUT2D eigenvalue weighted by Gasteiger charge is -1.93. The summed E-state index contributed by atoms with van der Waals surface area (Å²) in [7, 11) is 0. The first-order valence-corrected chi connectivity index (χ1v) is 3.17. The Kier molecular flexibility index (Phi) is 4.50. The van der Waals surface area contributed by atoms with Crippen LogP contribution in [0, 0.1) is 0 Å². The molecule has 0 radical (unpaired) electrons. The minimum absolute atomic E-state index is 0. The average Bonchev–Trinajstić information content (AvgIpc) is 1.91. The predicted octanol–water partition coefficient (Wildman–Crippen LogP) is 1.34. The van der Waals surface area contributed by atoms with Gasteiger partial charge in [-0.05, 0) is 18.5 Å². The largest absolute Gasteiger partial charge is 0.330 e. The van der Waals surface area contributed by atoms with Gasteiger partial charge in [0.25, 0.3) is 0 Å². The van der Waals surface area contributed by atoms with Crippen LogP contribution in [0.5, 0.6) is 0 Å². The summed E-state index contributed by atoms with van der Waals surface area (Å²) >= 11 is 0. The Hall–Kier alpha value is -0.890. The van der Waals surface area contributed by atoms with Crippen molar-refractivity contribution in [2.75, 3.05) is 6.54 Å². The fraction of sp³-hybridized carbons (Fsp3) is 0.250. The van der Waals surface area contributed by atoms with E-state index in [4.69, 9.17) is 5.73 Å². The van der Waals surface area contributed by atoms with Gasteiger partial charge in [-0.2, -0.15) is 0 Å². The van der Waals surface area contributed by atoms with Crippen LogP contribution in [0.4, 0.5) is 4.70 Å². The summed E-state index contributed by atoms with van der Waals surface area (Å²) in [5.74, 6) is 0. The Morgan fingerprint density at radius 2 is 1.70 bits per heavy atom. The SMILES string of the molecule is F.NCCc1ccccc1. The van der Waals surface area contributed by atoms with E-state index in [-0.39, 0.29) is 4.70 Å². The van der Waals surface area contributed by atoms with Crippen molar-refractivity contribution in [3.8, 4) is 0 Å². The van der Waals surface area contributed by atoms with Gasteiger partial charge in [0.15, 0.2) is 0 Å². The molecule has 0 unspecified atom stereocenters. The molecular weight excluding hydrogens is 129 g/mol. The molecule has 0 aliphatic carbocycles. The highest BCUT2D eigenvalue weighted by Gasteiger charge is 1.84. The average molecular weight is 141 g/mol. The maximum absolute atomic E-state index is 5.36. The molecule has 0 saturated heterocycles. The van der Waals surface area contributed by atoms with Crippen LogP contribution in [0.3, 0.4) is 0 Å². The fourth-order valence-electron chi connectivity index (χ4n) is 0.811. The van der Waals surface area contributed by atoms with Gasteiger partial charge in [0.05, 0.1) is 0 Å². The van der Waals surface area contributed by atoms with Crippen molar-refractivity contribution in [2.24, 2.45) is 5.73 Å². The molecule has 0 spiro atoms. The van der Waals surface area contributed by atoms with E-state index in [1.807, 2.05) is 18.2 Å². The maximum Gasteiger partial charge on any atom is -0.00367 e. The number of nitrogens with two attached hydrogens (primary N) is 1. The van der Waals surface area contributed by atoms with E-state index in [0.717, 1.165) is 13.0 Å². The number of benzene rings is 1. The van der Waals surface area contributed by atoms with E-state index in [1.165, 1.54) is 5.56 Å². The topological polar surface area (TPSA) is 26.0 Å². The van der Waals surface area contributed by atoms with E-state index < -0.39 is 0 Å². The molecular formula is C8H12FN. The van der Waals surface area contributed by atoms with E-state index in [2.05, 4.69) is 12.1 Å². The number of hydrogen-bond donors (Lipinski definition) is 1. The number of hydrogen-bond acceptors (Lipinski definition) is 1. The molecule has 0 aliphatic heterocycles. The van der Waals surface area contributed by atoms with Crippen LogP contribution in [0.1, 0.15) is 5.56 Å². The van der Waals surface area contributed by atoms with Gasteiger partial charge in [-0.3, -0.25) is 4.70 Å². The van der Waals surface area contributed by atoms with E-state index in [9.17, 15) is 0 Å². The summed E-state index contributed by atoms with van der Waals surface area (Å²) in [5, 5.41) is 0. The number of halogens is 1. The molecule has 56 valence electrons. The van der Waals surface area contributed by atoms with Gasteiger partial charge >= 0.3 is 0 Å². The quantitative estimate of drug-likeness (QED) is 0.660. The second-order valence-corrected chi connectivity index (χ2v) is 2.02. The fourth-order valence-corrected chi connectivity index (χ4v) is 0.811. The zero-order valence-corrected chi connectivity index (χ0v) is 5.79. The van der Waals surface area contributed by atoms with Crippen molar-refractivity contribution in [2.45, 2.75) is 6.42 Å². The molecule has 0 fully saturated rings. The van der Waals surface area contributed by atoms with Crippen LogP contribution in [-0.2, 0) is 6.42 Å². The summed E-state index contributed by atoms with van der Waals surface area (Å²) in [6.45, 7) is 0.740. The standard InChI is InChI=1S/C8H11N.FH/c9-7-6-8-4-2-1-3-5-8;/h1-5H,6-7,9H2;1H. The Balaban J connectivity index is 0.000000810. The van der Waals surface area contributed by atoms with Crippen LogP contribution >= 0.6 is 0 Å². The van der Waals surface area contributed by atoms with Crippen molar-refractivity contribution < 1.29 is 4.70 Å². The molecule has 0 saturated carbocycles. The van der Waals surface area contributed by atoms with Crippen LogP contribution in [-0.4, -0.2) is 6.54 Å². The van der Waals surface area contributed by atoms with Crippen LogP contribution in [0.15, 0.2) is 30.3 Å². The minimum Gasteiger partial charge on any atom is -0.330 e. The van der Waals surface area contributed by atoms with Gasteiger partial charge in [-0.25, -0.2) is 0 Å². The Morgan fingerprint density at radius 1 is 1.10 bits per heavy atom. The van der Waals surface area contributed by atoms with E-state index >= 15 is 0 Å². The molecule has 10 heavy (non-hydrogen) atoms. The Bertz CT molecular complexity index is 162. The monoisotopic (exact) mass is 141 g/mol. The van der Waals surface area contributed by atoms with Gasteiger partial charge in [-0.15, -0.1) is 0 Å². The van der Waals surface area contributed by atoms with Gasteiger partial charge in [0.2, 0.25) is 0 Å². The van der Waals surface area contributed by atoms with Crippen molar-refractivity contribution in [1.29, 1.82) is 0 Å². The molecule has 1 aromatic carbocycles. The summed E-state index contributed by atoms with van der Waals surface area (Å²) in [6, 6.07) is 10.3. The normalized spacial score (nSPS) is 8.50. The molecule has 0 atom stereocenters. The lowest BCUT2D eigenvalue weighted by atomic mass is 10.2. The number of rotatable bonds is 2.